The highest BCUT2D eigenvalue weighted by Gasteiger charge is 2.27. The molecule has 1 saturated heterocycles. The molecule has 0 unspecified atom stereocenters. The first-order valence-corrected chi connectivity index (χ1v) is 5.67. The molecule has 0 aromatic carbocycles. The van der Waals surface area contributed by atoms with E-state index in [9.17, 15) is 0 Å². The fourth-order valence-corrected chi connectivity index (χ4v) is 2.93. The predicted molar refractivity (Wildman–Crippen MR) is 53.9 cm³/mol. The molecule has 3 aliphatic heterocycles. The van der Waals surface area contributed by atoms with Crippen LogP contribution in [0.15, 0.2) is 16.3 Å². The molecule has 0 spiro atoms. The largest absolute Gasteiger partial charge is 0.377 e. The Balaban J connectivity index is 1.93. The maximum Gasteiger partial charge on any atom is 0.164 e. The Morgan fingerprint density at radius 3 is 3.46 bits per heavy atom. The fourth-order valence-electron chi connectivity index (χ4n) is 1.93. The van der Waals surface area contributed by atoms with Crippen LogP contribution in [-0.4, -0.2) is 42.1 Å². The van der Waals surface area contributed by atoms with Crippen LogP contribution >= 0.6 is 11.8 Å². The van der Waals surface area contributed by atoms with E-state index in [4.69, 9.17) is 4.74 Å². The first-order valence-electron chi connectivity index (χ1n) is 4.68. The highest BCUT2D eigenvalue weighted by molar-refractivity contribution is 8.14. The van der Waals surface area contributed by atoms with Crippen molar-refractivity contribution in [3.63, 3.8) is 0 Å². The van der Waals surface area contributed by atoms with E-state index in [1.54, 1.807) is 0 Å². The summed E-state index contributed by atoms with van der Waals surface area (Å²) in [4.78, 5) is 7.03. The number of hydrogen-bond donors (Lipinski definition) is 0. The number of hydrogen-bond acceptors (Lipinski definition) is 4. The normalized spacial score (nSPS) is 27.1. The van der Waals surface area contributed by atoms with Gasteiger partial charge in [-0.15, -0.1) is 0 Å². The van der Waals surface area contributed by atoms with Crippen LogP contribution in [0.4, 0.5) is 0 Å². The van der Waals surface area contributed by atoms with Crippen molar-refractivity contribution in [2.24, 2.45) is 4.99 Å². The van der Waals surface area contributed by atoms with Gasteiger partial charge in [0.15, 0.2) is 5.17 Å². The van der Waals surface area contributed by atoms with Crippen molar-refractivity contribution in [1.29, 1.82) is 0 Å². The van der Waals surface area contributed by atoms with E-state index in [1.165, 1.54) is 22.2 Å². The minimum absolute atomic E-state index is 0.799. The van der Waals surface area contributed by atoms with Gasteiger partial charge in [-0.25, -0.2) is 4.99 Å². The van der Waals surface area contributed by atoms with Crippen molar-refractivity contribution in [3.05, 3.63) is 11.3 Å². The summed E-state index contributed by atoms with van der Waals surface area (Å²) in [5.41, 5.74) is 2.70. The number of nitrogens with zero attached hydrogens (tertiary/aromatic N) is 2. The van der Waals surface area contributed by atoms with E-state index < -0.39 is 0 Å². The molecule has 3 heterocycles. The third-order valence-corrected chi connectivity index (χ3v) is 3.64. The van der Waals surface area contributed by atoms with Crippen LogP contribution < -0.4 is 0 Å². The third-order valence-electron chi connectivity index (χ3n) is 2.64. The summed E-state index contributed by atoms with van der Waals surface area (Å²) in [6.07, 6.45) is 1.01. The van der Waals surface area contributed by atoms with Crippen LogP contribution in [0.1, 0.15) is 6.42 Å². The van der Waals surface area contributed by atoms with Crippen molar-refractivity contribution in [2.75, 3.05) is 32.1 Å². The summed E-state index contributed by atoms with van der Waals surface area (Å²) in [6, 6.07) is 0. The first-order chi connectivity index (χ1) is 6.43. The van der Waals surface area contributed by atoms with Crippen LogP contribution in [0.3, 0.4) is 0 Å². The number of aliphatic imine (C=N–C) groups is 1. The van der Waals surface area contributed by atoms with Crippen molar-refractivity contribution in [3.8, 4) is 0 Å². The van der Waals surface area contributed by atoms with Gasteiger partial charge in [-0.1, -0.05) is 11.8 Å². The Hall–Kier alpha value is -0.480. The van der Waals surface area contributed by atoms with Crippen molar-refractivity contribution in [2.45, 2.75) is 6.42 Å². The predicted octanol–water partition coefficient (Wildman–Crippen LogP) is 1.08. The standard InChI is InChI=1S/C9H12N2OS/c1-3-12-6-7-5-11-2-4-13-9(11)10-8(1)7/h1-6H2. The zero-order valence-electron chi connectivity index (χ0n) is 7.45. The second kappa shape index (κ2) is 3.03. The minimum atomic E-state index is 0.799. The molecule has 3 aliphatic rings. The van der Waals surface area contributed by atoms with Crippen LogP contribution in [0.2, 0.25) is 0 Å². The molecule has 3 rings (SSSR count). The molecule has 0 atom stereocenters. The second-order valence-corrected chi connectivity index (χ2v) is 4.58. The molecule has 3 nitrogen and oxygen atoms in total. The Bertz CT molecular complexity index is 298. The van der Waals surface area contributed by atoms with Crippen LogP contribution in [0.25, 0.3) is 0 Å². The smallest absolute Gasteiger partial charge is 0.164 e. The topological polar surface area (TPSA) is 24.8 Å². The summed E-state index contributed by atoms with van der Waals surface area (Å²) < 4.78 is 5.43. The maximum atomic E-state index is 5.43. The Morgan fingerprint density at radius 2 is 2.46 bits per heavy atom. The van der Waals surface area contributed by atoms with Gasteiger partial charge in [0.1, 0.15) is 0 Å². The number of fused-ring (bicyclic) bond motifs is 1. The molecule has 70 valence electrons. The van der Waals surface area contributed by atoms with Crippen LogP contribution in [-0.2, 0) is 4.74 Å². The lowest BCUT2D eigenvalue weighted by Gasteiger charge is -2.28. The minimum Gasteiger partial charge on any atom is -0.377 e. The summed E-state index contributed by atoms with van der Waals surface area (Å²) >= 11 is 1.88. The van der Waals surface area contributed by atoms with E-state index in [0.717, 1.165) is 32.7 Å². The molecule has 0 bridgehead atoms. The van der Waals surface area contributed by atoms with Gasteiger partial charge in [0.05, 0.1) is 13.2 Å². The summed E-state index contributed by atoms with van der Waals surface area (Å²) in [6.45, 7) is 3.86. The number of amidine groups is 1. The number of ether oxygens (including phenoxy) is 1. The average molecular weight is 196 g/mol. The van der Waals surface area contributed by atoms with Gasteiger partial charge in [0.25, 0.3) is 0 Å². The van der Waals surface area contributed by atoms with Gasteiger partial charge in [-0.05, 0) is 5.57 Å². The molecule has 0 N–H and O–H groups in total. The molecular formula is C9H12N2OS. The van der Waals surface area contributed by atoms with E-state index in [1.807, 2.05) is 11.8 Å². The molecule has 0 amide bonds. The SMILES string of the molecule is C1CC2=C(CO1)CN1CCSC1=N2. The van der Waals surface area contributed by atoms with E-state index >= 15 is 0 Å². The summed E-state index contributed by atoms with van der Waals surface area (Å²) in [5, 5.41) is 1.24. The van der Waals surface area contributed by atoms with Gasteiger partial charge in [-0.2, -0.15) is 0 Å². The van der Waals surface area contributed by atoms with Crippen molar-refractivity contribution < 1.29 is 4.74 Å². The molecule has 0 aliphatic carbocycles. The van der Waals surface area contributed by atoms with Gasteiger partial charge < -0.3 is 9.64 Å². The van der Waals surface area contributed by atoms with Gasteiger partial charge in [-0.3, -0.25) is 0 Å². The Morgan fingerprint density at radius 1 is 1.46 bits per heavy atom. The molecular weight excluding hydrogens is 184 g/mol. The molecule has 1 fully saturated rings. The second-order valence-electron chi connectivity index (χ2n) is 3.52. The highest BCUT2D eigenvalue weighted by atomic mass is 32.2. The lowest BCUT2D eigenvalue weighted by Crippen LogP contribution is -2.33. The molecule has 13 heavy (non-hydrogen) atoms. The molecule has 0 radical (unpaired) electrons. The summed E-state index contributed by atoms with van der Waals surface area (Å²) in [7, 11) is 0. The van der Waals surface area contributed by atoms with E-state index in [2.05, 4.69) is 9.89 Å². The molecule has 0 saturated carbocycles. The van der Waals surface area contributed by atoms with Gasteiger partial charge >= 0.3 is 0 Å². The summed E-state index contributed by atoms with van der Waals surface area (Å²) in [5.74, 6) is 1.19. The Kier molecular flexibility index (Phi) is 1.84. The quantitative estimate of drug-likeness (QED) is 0.579. The maximum absolute atomic E-state index is 5.43. The molecule has 0 aromatic rings. The number of rotatable bonds is 0. The molecule has 0 aromatic heterocycles. The zero-order valence-corrected chi connectivity index (χ0v) is 8.27. The first kappa shape index (κ1) is 7.88. The molecule has 4 heteroatoms. The fraction of sp³-hybridized carbons (Fsp3) is 0.667. The number of thioether (sulfide) groups is 1. The average Bonchev–Trinajstić information content (AvgIpc) is 2.61. The van der Waals surface area contributed by atoms with Crippen LogP contribution in [0, 0.1) is 0 Å². The van der Waals surface area contributed by atoms with Gasteiger partial charge in [0.2, 0.25) is 0 Å². The van der Waals surface area contributed by atoms with E-state index in [-0.39, 0.29) is 0 Å². The van der Waals surface area contributed by atoms with Crippen LogP contribution in [0.5, 0.6) is 0 Å². The van der Waals surface area contributed by atoms with Crippen molar-refractivity contribution in [1.82, 2.24) is 4.90 Å². The third kappa shape index (κ3) is 1.28. The lowest BCUT2D eigenvalue weighted by molar-refractivity contribution is 0.140. The van der Waals surface area contributed by atoms with Gasteiger partial charge in [0, 0.05) is 31.0 Å². The highest BCUT2D eigenvalue weighted by Crippen LogP contribution is 2.29. The lowest BCUT2D eigenvalue weighted by atomic mass is 10.1. The monoisotopic (exact) mass is 196 g/mol. The van der Waals surface area contributed by atoms with E-state index in [0.29, 0.717) is 0 Å². The van der Waals surface area contributed by atoms with Crippen molar-refractivity contribution >= 4 is 16.9 Å². The zero-order chi connectivity index (χ0) is 8.67. The Labute approximate surface area is 81.8 Å².